The van der Waals surface area contributed by atoms with Gasteiger partial charge in [0.25, 0.3) is 0 Å². The van der Waals surface area contributed by atoms with Crippen molar-refractivity contribution in [2.45, 2.75) is 27.7 Å². The van der Waals surface area contributed by atoms with Crippen molar-refractivity contribution in [3.05, 3.63) is 10.6 Å². The van der Waals surface area contributed by atoms with Gasteiger partial charge in [-0.25, -0.2) is 0 Å². The smallest absolute Gasteiger partial charge is 0.663 e. The normalized spacial score (nSPS) is 7.64. The summed E-state index contributed by atoms with van der Waals surface area (Å²) in [5.41, 5.74) is 0. The van der Waals surface area contributed by atoms with Crippen LogP contribution in [0.3, 0.4) is 0 Å². The second kappa shape index (κ2) is 22.5. The number of hydrogen-bond acceptors (Lipinski definition) is 0. The molecule has 0 aliphatic carbocycles. The van der Waals surface area contributed by atoms with E-state index in [0.717, 1.165) is 26.2 Å². The maximum atomic E-state index is 3.97. The van der Waals surface area contributed by atoms with Crippen LogP contribution in [0.4, 0.5) is 0 Å². The molecule has 0 saturated heterocycles. The molecule has 0 unspecified atom stereocenters. The van der Waals surface area contributed by atoms with E-state index < -0.39 is 0 Å². The van der Waals surface area contributed by atoms with Gasteiger partial charge in [0.1, 0.15) is 0 Å². The van der Waals surface area contributed by atoms with Crippen LogP contribution >= 0.6 is 0 Å². The van der Waals surface area contributed by atoms with Crippen LogP contribution in [-0.4, -0.2) is 63.9 Å². The van der Waals surface area contributed by atoms with E-state index in [1.54, 1.807) is 0 Å². The summed E-state index contributed by atoms with van der Waals surface area (Å²) < 4.78 is 0. The SMILES string of the molecule is CC[N-]CC.CC[N-]CC.[Ca+2]. The summed E-state index contributed by atoms with van der Waals surface area (Å²) >= 11 is 0. The van der Waals surface area contributed by atoms with Gasteiger partial charge in [-0.05, 0) is 0 Å². The van der Waals surface area contributed by atoms with Crippen molar-refractivity contribution >= 4 is 37.7 Å². The molecule has 0 spiro atoms. The quantitative estimate of drug-likeness (QED) is 0.600. The molecule has 64 valence electrons. The number of hydrogen-bond donors (Lipinski definition) is 0. The van der Waals surface area contributed by atoms with Crippen LogP contribution in [0.25, 0.3) is 10.6 Å². The summed E-state index contributed by atoms with van der Waals surface area (Å²) in [5, 5.41) is 7.94. The summed E-state index contributed by atoms with van der Waals surface area (Å²) in [7, 11) is 0. The summed E-state index contributed by atoms with van der Waals surface area (Å²) in [6.45, 7) is 12.1. The fourth-order valence-corrected chi connectivity index (χ4v) is 0.447. The average Bonchev–Trinajstić information content (AvgIpc) is 1.93. The number of rotatable bonds is 4. The first-order valence-electron chi connectivity index (χ1n) is 4.09. The Balaban J connectivity index is -0.000000107. The minimum absolute atomic E-state index is 0. The molecule has 0 aliphatic rings. The van der Waals surface area contributed by atoms with Gasteiger partial charge in [-0.2, -0.15) is 26.2 Å². The largest absolute Gasteiger partial charge is 2.00 e. The third kappa shape index (κ3) is 35.1. The zero-order valence-corrected chi connectivity index (χ0v) is 10.6. The van der Waals surface area contributed by atoms with Crippen molar-refractivity contribution in [2.75, 3.05) is 26.2 Å². The van der Waals surface area contributed by atoms with Crippen LogP contribution in [0.1, 0.15) is 27.7 Å². The van der Waals surface area contributed by atoms with Crippen molar-refractivity contribution in [1.29, 1.82) is 0 Å². The molecule has 0 N–H and O–H groups in total. The predicted octanol–water partition coefficient (Wildman–Crippen LogP) is 2.42. The second-order valence-corrected chi connectivity index (χ2v) is 1.71. The van der Waals surface area contributed by atoms with Gasteiger partial charge in [-0.3, -0.25) is 0 Å². The molecule has 0 heterocycles. The van der Waals surface area contributed by atoms with Gasteiger partial charge in [0.15, 0.2) is 0 Å². The Morgan fingerprint density at radius 2 is 0.818 bits per heavy atom. The van der Waals surface area contributed by atoms with Gasteiger partial charge in [0, 0.05) is 0 Å². The molecule has 0 amide bonds. The van der Waals surface area contributed by atoms with E-state index in [1.165, 1.54) is 0 Å². The molecule has 0 atom stereocenters. The van der Waals surface area contributed by atoms with Crippen LogP contribution in [0.2, 0.25) is 0 Å². The molecule has 0 bridgehead atoms. The molecule has 0 fully saturated rings. The van der Waals surface area contributed by atoms with E-state index in [0.29, 0.717) is 0 Å². The van der Waals surface area contributed by atoms with Gasteiger partial charge in [-0.15, -0.1) is 0 Å². The standard InChI is InChI=1S/2C4H10N.Ca/c2*1-3-5-4-2;/h2*3-4H2,1-2H3;/q2*-1;+2. The fraction of sp³-hybridized carbons (Fsp3) is 1.00. The monoisotopic (exact) mass is 184 g/mol. The van der Waals surface area contributed by atoms with Crippen LogP contribution < -0.4 is 0 Å². The van der Waals surface area contributed by atoms with Crippen molar-refractivity contribution in [3.63, 3.8) is 0 Å². The van der Waals surface area contributed by atoms with Gasteiger partial charge in [0.2, 0.25) is 0 Å². The minimum atomic E-state index is 0. The summed E-state index contributed by atoms with van der Waals surface area (Å²) in [4.78, 5) is 0. The third-order valence-electron chi connectivity index (χ3n) is 0.894. The molecule has 0 radical (unpaired) electrons. The molecule has 3 heteroatoms. The van der Waals surface area contributed by atoms with E-state index in [9.17, 15) is 0 Å². The molecule has 0 aromatic rings. The molecule has 0 rings (SSSR count). The average molecular weight is 184 g/mol. The Bertz CT molecular complexity index is 33.1. The Morgan fingerprint density at radius 3 is 0.818 bits per heavy atom. The zero-order valence-electron chi connectivity index (χ0n) is 8.43. The molecule has 2 nitrogen and oxygen atoms in total. The Morgan fingerprint density at radius 1 is 0.636 bits per heavy atom. The van der Waals surface area contributed by atoms with Gasteiger partial charge in [0.05, 0.1) is 0 Å². The van der Waals surface area contributed by atoms with Crippen molar-refractivity contribution in [2.24, 2.45) is 0 Å². The van der Waals surface area contributed by atoms with Crippen LogP contribution in [-0.2, 0) is 0 Å². The minimum Gasteiger partial charge on any atom is -0.663 e. The van der Waals surface area contributed by atoms with Crippen molar-refractivity contribution in [3.8, 4) is 0 Å². The van der Waals surface area contributed by atoms with Crippen molar-refractivity contribution in [1.82, 2.24) is 0 Å². The topological polar surface area (TPSA) is 28.2 Å². The molecule has 0 aromatic heterocycles. The van der Waals surface area contributed by atoms with Crippen LogP contribution in [0.15, 0.2) is 0 Å². The van der Waals surface area contributed by atoms with E-state index in [4.69, 9.17) is 0 Å². The Hall–Kier alpha value is 1.18. The first-order chi connectivity index (χ1) is 4.83. The molecule has 0 aliphatic heterocycles. The van der Waals surface area contributed by atoms with E-state index in [-0.39, 0.29) is 37.7 Å². The van der Waals surface area contributed by atoms with Crippen LogP contribution in [0.5, 0.6) is 0 Å². The zero-order chi connectivity index (χ0) is 8.24. The molecular weight excluding hydrogens is 164 g/mol. The van der Waals surface area contributed by atoms with E-state index in [2.05, 4.69) is 10.6 Å². The molecule has 11 heavy (non-hydrogen) atoms. The van der Waals surface area contributed by atoms with E-state index in [1.807, 2.05) is 27.7 Å². The predicted molar refractivity (Wildman–Crippen MR) is 54.6 cm³/mol. The third-order valence-corrected chi connectivity index (χ3v) is 0.894. The van der Waals surface area contributed by atoms with Gasteiger partial charge >= 0.3 is 37.7 Å². The molecular formula is C8H20CaN2. The maximum Gasteiger partial charge on any atom is 2.00 e. The molecule has 0 saturated carbocycles. The van der Waals surface area contributed by atoms with Gasteiger partial charge < -0.3 is 10.6 Å². The summed E-state index contributed by atoms with van der Waals surface area (Å²) in [6.07, 6.45) is 0. The maximum absolute atomic E-state index is 3.97. The Kier molecular flexibility index (Phi) is 36.9. The summed E-state index contributed by atoms with van der Waals surface area (Å²) in [5.74, 6) is 0. The number of nitrogens with zero attached hydrogens (tertiary/aromatic N) is 2. The summed E-state index contributed by atoms with van der Waals surface area (Å²) in [6, 6.07) is 0. The fourth-order valence-electron chi connectivity index (χ4n) is 0.447. The van der Waals surface area contributed by atoms with Gasteiger partial charge in [-0.1, -0.05) is 27.7 Å². The molecule has 0 aromatic carbocycles. The van der Waals surface area contributed by atoms with Crippen LogP contribution in [0, 0.1) is 0 Å². The second-order valence-electron chi connectivity index (χ2n) is 1.71. The first kappa shape index (κ1) is 18.1. The Labute approximate surface area is 102 Å². The van der Waals surface area contributed by atoms with E-state index >= 15 is 0 Å². The first-order valence-corrected chi connectivity index (χ1v) is 4.09. The van der Waals surface area contributed by atoms with Crippen molar-refractivity contribution < 1.29 is 0 Å².